The number of carbonyl (C=O) groups excluding carboxylic acids is 1. The highest BCUT2D eigenvalue weighted by atomic mass is 16.5. The molecule has 0 bridgehead atoms. The number of anilines is 1. The number of amides is 1. The summed E-state index contributed by atoms with van der Waals surface area (Å²) in [6.07, 6.45) is 5.73. The van der Waals surface area contributed by atoms with Gasteiger partial charge < -0.3 is 15.0 Å². The number of likely N-dealkylation sites (tertiary alicyclic amines) is 1. The van der Waals surface area contributed by atoms with Gasteiger partial charge in [-0.3, -0.25) is 4.79 Å². The van der Waals surface area contributed by atoms with Crippen molar-refractivity contribution in [2.45, 2.75) is 18.9 Å². The van der Waals surface area contributed by atoms with Crippen LogP contribution in [-0.2, 0) is 4.79 Å². The van der Waals surface area contributed by atoms with Crippen LogP contribution in [0, 0.1) is 0 Å². The average molecular weight is 336 g/mol. The number of hydrogen-bond acceptors (Lipinski definition) is 3. The van der Waals surface area contributed by atoms with E-state index in [9.17, 15) is 4.79 Å². The minimum Gasteiger partial charge on any atom is -0.490 e. The molecule has 0 saturated carbocycles. The zero-order chi connectivity index (χ0) is 17.5. The third-order valence-electron chi connectivity index (χ3n) is 4.32. The second-order valence-corrected chi connectivity index (χ2v) is 6.38. The van der Waals surface area contributed by atoms with Gasteiger partial charge in [-0.2, -0.15) is 0 Å². The van der Waals surface area contributed by atoms with Crippen LogP contribution in [0.25, 0.3) is 6.08 Å². The highest BCUT2D eigenvalue weighted by molar-refractivity contribution is 6.01. The molecule has 1 aliphatic heterocycles. The molecule has 25 heavy (non-hydrogen) atoms. The first-order valence-electron chi connectivity index (χ1n) is 8.68. The van der Waals surface area contributed by atoms with Gasteiger partial charge in [0, 0.05) is 24.9 Å². The summed E-state index contributed by atoms with van der Waals surface area (Å²) < 4.78 is 6.02. The highest BCUT2D eigenvalue weighted by Gasteiger charge is 2.17. The number of ether oxygens (including phenoxy) is 1. The van der Waals surface area contributed by atoms with Gasteiger partial charge in [-0.05, 0) is 55.8 Å². The summed E-state index contributed by atoms with van der Waals surface area (Å²) in [5.41, 5.74) is 1.76. The standard InChI is InChI=1S/C21H24N2O2/c1-23-15-13-20(14-16-23)25-19-10-8-18(9-11-19)22-21(24)12-7-17-5-3-2-4-6-17/h2-12,20H,13-16H2,1H3,(H,22,24)/b12-7+. The van der Waals surface area contributed by atoms with E-state index in [1.54, 1.807) is 6.08 Å². The molecule has 4 nitrogen and oxygen atoms in total. The molecule has 130 valence electrons. The molecule has 1 fully saturated rings. The van der Waals surface area contributed by atoms with Gasteiger partial charge in [-0.25, -0.2) is 0 Å². The van der Waals surface area contributed by atoms with Crippen molar-refractivity contribution in [3.05, 3.63) is 66.2 Å². The number of rotatable bonds is 5. The molecule has 1 N–H and O–H groups in total. The Morgan fingerprint density at radius 2 is 1.76 bits per heavy atom. The van der Waals surface area contributed by atoms with Crippen molar-refractivity contribution in [1.82, 2.24) is 4.90 Å². The second-order valence-electron chi connectivity index (χ2n) is 6.38. The maximum atomic E-state index is 12.0. The Morgan fingerprint density at radius 1 is 1.08 bits per heavy atom. The summed E-state index contributed by atoms with van der Waals surface area (Å²) in [5.74, 6) is 0.709. The van der Waals surface area contributed by atoms with E-state index in [0.29, 0.717) is 0 Å². The van der Waals surface area contributed by atoms with Crippen molar-refractivity contribution >= 4 is 17.7 Å². The van der Waals surface area contributed by atoms with E-state index in [1.807, 2.05) is 54.6 Å². The van der Waals surface area contributed by atoms with E-state index in [0.717, 1.165) is 42.9 Å². The smallest absolute Gasteiger partial charge is 0.248 e. The van der Waals surface area contributed by atoms with E-state index in [1.165, 1.54) is 6.08 Å². The van der Waals surface area contributed by atoms with Gasteiger partial charge in [0.15, 0.2) is 0 Å². The predicted molar refractivity (Wildman–Crippen MR) is 102 cm³/mol. The lowest BCUT2D eigenvalue weighted by Gasteiger charge is -2.29. The van der Waals surface area contributed by atoms with E-state index in [2.05, 4.69) is 17.3 Å². The van der Waals surface area contributed by atoms with Crippen LogP contribution in [-0.4, -0.2) is 37.0 Å². The molecule has 1 saturated heterocycles. The third-order valence-corrected chi connectivity index (χ3v) is 4.32. The van der Waals surface area contributed by atoms with Gasteiger partial charge in [0.05, 0.1) is 0 Å². The van der Waals surface area contributed by atoms with Crippen LogP contribution < -0.4 is 10.1 Å². The summed E-state index contributed by atoms with van der Waals surface area (Å²) in [4.78, 5) is 14.3. The summed E-state index contributed by atoms with van der Waals surface area (Å²) in [7, 11) is 2.14. The first-order valence-corrected chi connectivity index (χ1v) is 8.68. The molecule has 2 aromatic carbocycles. The molecule has 0 aromatic heterocycles. The molecule has 0 atom stereocenters. The number of hydrogen-bond donors (Lipinski definition) is 1. The summed E-state index contributed by atoms with van der Waals surface area (Å²) in [6.45, 7) is 2.15. The minimum absolute atomic E-state index is 0.146. The van der Waals surface area contributed by atoms with Crippen LogP contribution in [0.4, 0.5) is 5.69 Å². The molecule has 1 heterocycles. The lowest BCUT2D eigenvalue weighted by Crippen LogP contribution is -2.35. The van der Waals surface area contributed by atoms with Gasteiger partial charge in [-0.1, -0.05) is 30.3 Å². The van der Waals surface area contributed by atoms with Crippen LogP contribution in [0.3, 0.4) is 0 Å². The number of nitrogens with zero attached hydrogens (tertiary/aromatic N) is 1. The van der Waals surface area contributed by atoms with Crippen molar-refractivity contribution in [3.8, 4) is 5.75 Å². The quantitative estimate of drug-likeness (QED) is 0.844. The third kappa shape index (κ3) is 5.47. The SMILES string of the molecule is CN1CCC(Oc2ccc(NC(=O)/C=C/c3ccccc3)cc2)CC1. The molecule has 4 heteroatoms. The highest BCUT2D eigenvalue weighted by Crippen LogP contribution is 2.20. The van der Waals surface area contributed by atoms with Crippen molar-refractivity contribution in [3.63, 3.8) is 0 Å². The topological polar surface area (TPSA) is 41.6 Å². The van der Waals surface area contributed by atoms with E-state index >= 15 is 0 Å². The molecular weight excluding hydrogens is 312 g/mol. The van der Waals surface area contributed by atoms with Crippen LogP contribution >= 0.6 is 0 Å². The van der Waals surface area contributed by atoms with E-state index < -0.39 is 0 Å². The van der Waals surface area contributed by atoms with Gasteiger partial charge in [-0.15, -0.1) is 0 Å². The molecular formula is C21H24N2O2. The normalized spacial score (nSPS) is 16.0. The van der Waals surface area contributed by atoms with Crippen LogP contribution in [0.5, 0.6) is 5.75 Å². The fourth-order valence-electron chi connectivity index (χ4n) is 2.83. The van der Waals surface area contributed by atoms with Crippen LogP contribution in [0.2, 0.25) is 0 Å². The maximum Gasteiger partial charge on any atom is 0.248 e. The molecule has 1 amide bonds. The fraction of sp³-hybridized carbons (Fsp3) is 0.286. The molecule has 0 aliphatic carbocycles. The number of nitrogens with one attached hydrogen (secondary N) is 1. The first-order chi connectivity index (χ1) is 12.2. The molecule has 3 rings (SSSR count). The predicted octanol–water partition coefficient (Wildman–Crippen LogP) is 3.81. The summed E-state index contributed by atoms with van der Waals surface area (Å²) in [6, 6.07) is 17.3. The average Bonchev–Trinajstić information content (AvgIpc) is 2.64. The van der Waals surface area contributed by atoms with Crippen molar-refractivity contribution in [2.75, 3.05) is 25.5 Å². The van der Waals surface area contributed by atoms with E-state index in [-0.39, 0.29) is 12.0 Å². The Bertz CT molecular complexity index is 702. The monoisotopic (exact) mass is 336 g/mol. The lowest BCUT2D eigenvalue weighted by molar-refractivity contribution is -0.111. The van der Waals surface area contributed by atoms with Crippen molar-refractivity contribution in [2.24, 2.45) is 0 Å². The number of benzene rings is 2. The van der Waals surface area contributed by atoms with E-state index in [4.69, 9.17) is 4.74 Å². The summed E-state index contributed by atoms with van der Waals surface area (Å²) in [5, 5.41) is 2.86. The Balaban J connectivity index is 1.50. The zero-order valence-electron chi connectivity index (χ0n) is 14.5. The Morgan fingerprint density at radius 3 is 2.44 bits per heavy atom. The Labute approximate surface area is 149 Å². The fourth-order valence-corrected chi connectivity index (χ4v) is 2.83. The maximum absolute atomic E-state index is 12.0. The zero-order valence-corrected chi connectivity index (χ0v) is 14.5. The van der Waals surface area contributed by atoms with Crippen LogP contribution in [0.1, 0.15) is 18.4 Å². The van der Waals surface area contributed by atoms with Crippen molar-refractivity contribution < 1.29 is 9.53 Å². The Hall–Kier alpha value is -2.59. The largest absolute Gasteiger partial charge is 0.490 e. The molecule has 0 radical (unpaired) electrons. The second kappa shape index (κ2) is 8.49. The molecule has 0 unspecified atom stereocenters. The lowest BCUT2D eigenvalue weighted by atomic mass is 10.1. The Kier molecular flexibility index (Phi) is 5.86. The van der Waals surface area contributed by atoms with Gasteiger partial charge in [0.1, 0.15) is 11.9 Å². The molecule has 0 spiro atoms. The number of carbonyl (C=O) groups is 1. The summed E-state index contributed by atoms with van der Waals surface area (Å²) >= 11 is 0. The van der Waals surface area contributed by atoms with Crippen molar-refractivity contribution in [1.29, 1.82) is 0 Å². The minimum atomic E-state index is -0.146. The van der Waals surface area contributed by atoms with Gasteiger partial charge in [0.25, 0.3) is 0 Å². The van der Waals surface area contributed by atoms with Gasteiger partial charge >= 0.3 is 0 Å². The first kappa shape index (κ1) is 17.2. The number of piperidine rings is 1. The molecule has 2 aromatic rings. The van der Waals surface area contributed by atoms with Crippen LogP contribution in [0.15, 0.2) is 60.7 Å². The van der Waals surface area contributed by atoms with Gasteiger partial charge in [0.2, 0.25) is 5.91 Å². The molecule has 1 aliphatic rings.